The number of pyridine rings is 1. The van der Waals surface area contributed by atoms with Crippen LogP contribution >= 0.6 is 11.6 Å². The van der Waals surface area contributed by atoms with Crippen LogP contribution in [-0.4, -0.2) is 41.9 Å². The minimum atomic E-state index is -3.82. The van der Waals surface area contributed by atoms with Crippen LogP contribution in [-0.2, 0) is 16.4 Å². The largest absolute Gasteiger partial charge is 0.365 e. The zero-order chi connectivity index (χ0) is 24.7. The Kier molecular flexibility index (Phi) is 6.04. The molecule has 0 radical (unpaired) electrons. The first-order chi connectivity index (χ1) is 16.7. The number of nitrogens with zero attached hydrogens (tertiary/aromatic N) is 4. The van der Waals surface area contributed by atoms with E-state index in [0.29, 0.717) is 22.8 Å². The molecule has 2 aromatic heterocycles. The fourth-order valence-corrected chi connectivity index (χ4v) is 5.87. The van der Waals surface area contributed by atoms with E-state index in [4.69, 9.17) is 21.9 Å². The molecule has 2 aromatic carbocycles. The maximum atomic E-state index is 15.3. The van der Waals surface area contributed by atoms with E-state index < -0.39 is 21.7 Å². The Hall–Kier alpha value is -3.34. The molecule has 0 saturated heterocycles. The quantitative estimate of drug-likeness (QED) is 0.435. The lowest BCUT2D eigenvalue weighted by molar-refractivity contribution is 0.431. The van der Waals surface area contributed by atoms with Crippen molar-refractivity contribution in [2.45, 2.75) is 24.4 Å². The Balaban J connectivity index is 1.61. The topological polar surface area (TPSA) is 115 Å². The number of nitrogens with two attached hydrogens (primary N) is 1. The Morgan fingerprint density at radius 3 is 2.71 bits per heavy atom. The fraction of sp³-hybridized carbons (Fsp3) is 0.208. The molecule has 5 rings (SSSR count). The number of hydrogen-bond acceptors (Lipinski definition) is 8. The fourth-order valence-electron chi connectivity index (χ4n) is 4.11. The smallest absolute Gasteiger partial charge is 0.260 e. The number of aromatic nitrogens is 3. The summed E-state index contributed by atoms with van der Waals surface area (Å²) in [6.45, 7) is 2.48. The molecule has 180 valence electrons. The number of halogens is 2. The van der Waals surface area contributed by atoms with Gasteiger partial charge in [0.2, 0.25) is 5.82 Å². The van der Waals surface area contributed by atoms with Crippen molar-refractivity contribution in [1.29, 1.82) is 0 Å². The van der Waals surface area contributed by atoms with Gasteiger partial charge in [-0.3, -0.25) is 4.98 Å². The molecule has 8 nitrogen and oxygen atoms in total. The van der Waals surface area contributed by atoms with E-state index in [1.807, 2.05) is 24.0 Å². The summed E-state index contributed by atoms with van der Waals surface area (Å²) < 4.78 is 46.7. The van der Waals surface area contributed by atoms with Crippen molar-refractivity contribution in [3.63, 3.8) is 0 Å². The van der Waals surface area contributed by atoms with Crippen LogP contribution in [0.15, 0.2) is 64.3 Å². The SMILES string of the molecule is Cc1ccncc1-c1nc(-c2cc3c(cc2F)S(=O)(=O)C[C@H](N)CN3Cc2ccc(Cl)cc2)no1. The van der Waals surface area contributed by atoms with E-state index in [2.05, 4.69) is 15.1 Å². The minimum Gasteiger partial charge on any atom is -0.365 e. The summed E-state index contributed by atoms with van der Waals surface area (Å²) in [7, 11) is -3.82. The average Bonchev–Trinajstić information content (AvgIpc) is 3.26. The Morgan fingerprint density at radius 2 is 1.97 bits per heavy atom. The number of benzene rings is 2. The second kappa shape index (κ2) is 9.03. The van der Waals surface area contributed by atoms with Crippen molar-refractivity contribution in [3.8, 4) is 22.8 Å². The first kappa shape index (κ1) is 23.4. The zero-order valence-electron chi connectivity index (χ0n) is 18.6. The average molecular weight is 514 g/mol. The molecule has 3 heterocycles. The molecule has 1 aliphatic heterocycles. The normalized spacial score (nSPS) is 17.1. The Labute approximate surface area is 206 Å². The maximum absolute atomic E-state index is 15.3. The molecule has 0 bridgehead atoms. The highest BCUT2D eigenvalue weighted by Gasteiger charge is 2.32. The van der Waals surface area contributed by atoms with Gasteiger partial charge in [0.1, 0.15) is 5.82 Å². The zero-order valence-corrected chi connectivity index (χ0v) is 20.2. The van der Waals surface area contributed by atoms with Crippen molar-refractivity contribution in [3.05, 3.63) is 76.8 Å². The standard InChI is InChI=1S/C24H21ClFN5O3S/c1-14-6-7-28-10-19(14)24-29-23(30-34-24)18-8-21-22(9-20(18)26)35(32,33)13-17(27)12-31(21)11-15-2-4-16(25)5-3-15/h2-10,17H,11-13,27H2,1H3/t17-/m1/s1. The van der Waals surface area contributed by atoms with E-state index >= 15 is 4.39 Å². The lowest BCUT2D eigenvalue weighted by atomic mass is 10.1. The van der Waals surface area contributed by atoms with Crippen molar-refractivity contribution in [2.24, 2.45) is 5.73 Å². The molecule has 2 N–H and O–H groups in total. The number of sulfone groups is 1. The van der Waals surface area contributed by atoms with Crippen LogP contribution in [0.2, 0.25) is 5.02 Å². The third kappa shape index (κ3) is 4.64. The lowest BCUT2D eigenvalue weighted by Gasteiger charge is -2.26. The molecule has 0 fully saturated rings. The summed E-state index contributed by atoms with van der Waals surface area (Å²) in [4.78, 5) is 10.1. The van der Waals surface area contributed by atoms with Crippen LogP contribution in [0.4, 0.5) is 10.1 Å². The van der Waals surface area contributed by atoms with Gasteiger partial charge in [-0.1, -0.05) is 28.9 Å². The van der Waals surface area contributed by atoms with Crippen LogP contribution in [0.3, 0.4) is 0 Å². The van der Waals surface area contributed by atoms with Gasteiger partial charge in [0.25, 0.3) is 5.89 Å². The van der Waals surface area contributed by atoms with Gasteiger partial charge in [0, 0.05) is 36.5 Å². The van der Waals surface area contributed by atoms with Crippen molar-refractivity contribution < 1.29 is 17.3 Å². The van der Waals surface area contributed by atoms with E-state index in [1.165, 1.54) is 6.07 Å². The van der Waals surface area contributed by atoms with Gasteiger partial charge in [-0.25, -0.2) is 12.8 Å². The van der Waals surface area contributed by atoms with E-state index in [1.54, 1.807) is 30.6 Å². The van der Waals surface area contributed by atoms with Crippen LogP contribution in [0, 0.1) is 12.7 Å². The van der Waals surface area contributed by atoms with Gasteiger partial charge in [-0.05, 0) is 48.4 Å². The molecule has 1 atom stereocenters. The number of hydrogen-bond donors (Lipinski definition) is 1. The number of fused-ring (bicyclic) bond motifs is 1. The summed E-state index contributed by atoms with van der Waals surface area (Å²) >= 11 is 6.00. The van der Waals surface area contributed by atoms with E-state index in [9.17, 15) is 8.42 Å². The highest BCUT2D eigenvalue weighted by molar-refractivity contribution is 7.91. The molecule has 4 aromatic rings. The highest BCUT2D eigenvalue weighted by atomic mass is 35.5. The lowest BCUT2D eigenvalue weighted by Crippen LogP contribution is -2.39. The summed E-state index contributed by atoms with van der Waals surface area (Å²) in [5.41, 5.74) is 8.88. The molecule has 0 spiro atoms. The van der Waals surface area contributed by atoms with Crippen LogP contribution < -0.4 is 10.6 Å². The third-order valence-corrected chi connectivity index (χ3v) is 7.95. The van der Waals surface area contributed by atoms with Gasteiger partial charge in [-0.15, -0.1) is 0 Å². The van der Waals surface area contributed by atoms with Gasteiger partial charge < -0.3 is 15.2 Å². The monoisotopic (exact) mass is 513 g/mol. The van der Waals surface area contributed by atoms with Gasteiger partial charge >= 0.3 is 0 Å². The number of aryl methyl sites for hydroxylation is 1. The first-order valence-corrected chi connectivity index (χ1v) is 12.8. The van der Waals surface area contributed by atoms with Crippen LogP contribution in [0.1, 0.15) is 11.1 Å². The van der Waals surface area contributed by atoms with E-state index in [0.717, 1.165) is 17.2 Å². The molecular formula is C24H21ClFN5O3S. The molecule has 0 aliphatic carbocycles. The van der Waals surface area contributed by atoms with Crippen molar-refractivity contribution in [1.82, 2.24) is 15.1 Å². The van der Waals surface area contributed by atoms with Crippen LogP contribution in [0.5, 0.6) is 0 Å². The minimum absolute atomic E-state index is 0.000870. The molecule has 1 aliphatic rings. The molecule has 35 heavy (non-hydrogen) atoms. The number of rotatable bonds is 4. The molecule has 11 heteroatoms. The molecule has 0 amide bonds. The van der Waals surface area contributed by atoms with Crippen molar-refractivity contribution >= 4 is 27.1 Å². The summed E-state index contributed by atoms with van der Waals surface area (Å²) in [5.74, 6) is -0.874. The second-order valence-corrected chi connectivity index (χ2v) is 10.9. The highest BCUT2D eigenvalue weighted by Crippen LogP contribution is 2.36. The van der Waals surface area contributed by atoms with E-state index in [-0.39, 0.29) is 34.5 Å². The summed E-state index contributed by atoms with van der Waals surface area (Å²) in [6, 6.07) is 10.8. The predicted octanol–water partition coefficient (Wildman–Crippen LogP) is 4.02. The van der Waals surface area contributed by atoms with Gasteiger partial charge in [-0.2, -0.15) is 4.98 Å². The third-order valence-electron chi connectivity index (χ3n) is 5.84. The number of anilines is 1. The summed E-state index contributed by atoms with van der Waals surface area (Å²) in [6.07, 6.45) is 3.23. The Bertz CT molecular complexity index is 1510. The molecule has 0 saturated carbocycles. The maximum Gasteiger partial charge on any atom is 0.260 e. The van der Waals surface area contributed by atoms with Gasteiger partial charge in [0.15, 0.2) is 9.84 Å². The molecule has 0 unspecified atom stereocenters. The molecular weight excluding hydrogens is 493 g/mol. The van der Waals surface area contributed by atoms with Crippen molar-refractivity contribution in [2.75, 3.05) is 17.2 Å². The summed E-state index contributed by atoms with van der Waals surface area (Å²) in [5, 5.41) is 4.53. The Morgan fingerprint density at radius 1 is 1.20 bits per heavy atom. The first-order valence-electron chi connectivity index (χ1n) is 10.8. The van der Waals surface area contributed by atoms with Gasteiger partial charge in [0.05, 0.1) is 27.5 Å². The predicted molar refractivity (Wildman–Crippen MR) is 130 cm³/mol. The van der Waals surface area contributed by atoms with Crippen LogP contribution in [0.25, 0.3) is 22.8 Å². The second-order valence-electron chi connectivity index (χ2n) is 8.46.